The number of amides is 1. The van der Waals surface area contributed by atoms with Crippen LogP contribution >= 0.6 is 11.6 Å². The van der Waals surface area contributed by atoms with Gasteiger partial charge in [-0.1, -0.05) is 54.1 Å². The molecular formula is C20H20ClNO3. The molecule has 0 aromatic heterocycles. The predicted octanol–water partition coefficient (Wildman–Crippen LogP) is 3.60. The second-order valence-electron chi connectivity index (χ2n) is 6.39. The number of hydrogen-bond donors (Lipinski definition) is 1. The molecule has 25 heavy (non-hydrogen) atoms. The number of likely N-dealkylation sites (tertiary alicyclic amines) is 1. The van der Waals surface area contributed by atoms with Gasteiger partial charge in [0.2, 0.25) is 5.91 Å². The van der Waals surface area contributed by atoms with Gasteiger partial charge in [0.15, 0.2) is 0 Å². The summed E-state index contributed by atoms with van der Waals surface area (Å²) in [4.78, 5) is 25.8. The lowest BCUT2D eigenvalue weighted by atomic mass is 9.89. The van der Waals surface area contributed by atoms with Gasteiger partial charge >= 0.3 is 5.97 Å². The average Bonchev–Trinajstić information content (AvgIpc) is 3.07. The Morgan fingerprint density at radius 1 is 1.04 bits per heavy atom. The van der Waals surface area contributed by atoms with Crippen LogP contribution in [-0.2, 0) is 16.0 Å². The summed E-state index contributed by atoms with van der Waals surface area (Å²) in [7, 11) is 0. The molecule has 2 aromatic rings. The Kier molecular flexibility index (Phi) is 5.39. The molecule has 0 aliphatic carbocycles. The molecule has 1 N–H and O–H groups in total. The Bertz CT molecular complexity index is 745. The normalized spacial score (nSPS) is 19.8. The summed E-state index contributed by atoms with van der Waals surface area (Å²) < 4.78 is 0. The first-order chi connectivity index (χ1) is 12.0. The van der Waals surface area contributed by atoms with E-state index in [1.54, 1.807) is 4.90 Å². The summed E-state index contributed by atoms with van der Waals surface area (Å²) in [6.45, 7) is 0.731. The molecule has 0 saturated carbocycles. The number of aryl methyl sites for hydroxylation is 1. The average molecular weight is 358 g/mol. The van der Waals surface area contributed by atoms with Crippen molar-refractivity contribution in [2.24, 2.45) is 5.92 Å². The summed E-state index contributed by atoms with van der Waals surface area (Å²) in [6, 6.07) is 17.0. The van der Waals surface area contributed by atoms with Crippen LogP contribution in [0.25, 0.3) is 0 Å². The van der Waals surface area contributed by atoms with Crippen molar-refractivity contribution in [1.82, 2.24) is 4.90 Å². The number of carboxylic acids is 1. The highest BCUT2D eigenvalue weighted by atomic mass is 35.5. The molecule has 1 aliphatic heterocycles. The van der Waals surface area contributed by atoms with E-state index in [1.807, 2.05) is 54.6 Å². The van der Waals surface area contributed by atoms with Gasteiger partial charge in [-0.25, -0.2) is 0 Å². The molecule has 3 rings (SSSR count). The largest absolute Gasteiger partial charge is 0.481 e. The van der Waals surface area contributed by atoms with Crippen molar-refractivity contribution in [1.29, 1.82) is 0 Å². The van der Waals surface area contributed by atoms with Crippen LogP contribution in [0.3, 0.4) is 0 Å². The van der Waals surface area contributed by atoms with E-state index in [2.05, 4.69) is 0 Å². The number of carbonyl (C=O) groups is 2. The summed E-state index contributed by atoms with van der Waals surface area (Å²) >= 11 is 5.87. The van der Waals surface area contributed by atoms with E-state index in [1.165, 1.54) is 0 Å². The predicted molar refractivity (Wildman–Crippen MR) is 96.7 cm³/mol. The zero-order valence-electron chi connectivity index (χ0n) is 13.8. The topological polar surface area (TPSA) is 57.6 Å². The minimum Gasteiger partial charge on any atom is -0.481 e. The van der Waals surface area contributed by atoms with E-state index >= 15 is 0 Å². The highest BCUT2D eigenvalue weighted by Gasteiger charge is 2.40. The first kappa shape index (κ1) is 17.5. The molecule has 4 nitrogen and oxygen atoms in total. The van der Waals surface area contributed by atoms with Gasteiger partial charge in [0.05, 0.1) is 5.92 Å². The van der Waals surface area contributed by atoms with Gasteiger partial charge in [-0.15, -0.1) is 0 Å². The van der Waals surface area contributed by atoms with Crippen molar-refractivity contribution in [3.63, 3.8) is 0 Å². The number of carboxylic acid groups (broad SMARTS) is 1. The first-order valence-corrected chi connectivity index (χ1v) is 8.72. The van der Waals surface area contributed by atoms with Crippen LogP contribution < -0.4 is 0 Å². The number of halogens is 1. The first-order valence-electron chi connectivity index (χ1n) is 8.34. The molecule has 1 fully saturated rings. The van der Waals surface area contributed by atoms with Gasteiger partial charge in [0.1, 0.15) is 0 Å². The van der Waals surface area contributed by atoms with E-state index in [9.17, 15) is 14.7 Å². The van der Waals surface area contributed by atoms with Gasteiger partial charge in [0.25, 0.3) is 0 Å². The molecule has 0 radical (unpaired) electrons. The zero-order chi connectivity index (χ0) is 17.8. The van der Waals surface area contributed by atoms with Crippen LogP contribution in [0.1, 0.15) is 23.5 Å². The molecule has 0 bridgehead atoms. The number of rotatable bonds is 5. The van der Waals surface area contributed by atoms with Crippen molar-refractivity contribution in [2.45, 2.75) is 18.8 Å². The van der Waals surface area contributed by atoms with E-state index in [0.29, 0.717) is 24.4 Å². The Balaban J connectivity index is 1.65. The van der Waals surface area contributed by atoms with Gasteiger partial charge in [-0.2, -0.15) is 0 Å². The molecular weight excluding hydrogens is 338 g/mol. The fraction of sp³-hybridized carbons (Fsp3) is 0.300. The Morgan fingerprint density at radius 3 is 2.36 bits per heavy atom. The van der Waals surface area contributed by atoms with Gasteiger partial charge in [-0.05, 0) is 29.7 Å². The molecule has 1 heterocycles. The van der Waals surface area contributed by atoms with Crippen molar-refractivity contribution >= 4 is 23.5 Å². The van der Waals surface area contributed by atoms with Crippen molar-refractivity contribution in [2.75, 3.05) is 13.1 Å². The maximum atomic E-state index is 12.5. The monoisotopic (exact) mass is 357 g/mol. The Morgan fingerprint density at radius 2 is 1.72 bits per heavy atom. The minimum absolute atomic E-state index is 0.000342. The zero-order valence-corrected chi connectivity index (χ0v) is 14.5. The van der Waals surface area contributed by atoms with E-state index in [0.717, 1.165) is 11.1 Å². The second kappa shape index (κ2) is 7.70. The van der Waals surface area contributed by atoms with E-state index in [-0.39, 0.29) is 18.4 Å². The van der Waals surface area contributed by atoms with E-state index < -0.39 is 11.9 Å². The quantitative estimate of drug-likeness (QED) is 0.889. The fourth-order valence-corrected chi connectivity index (χ4v) is 3.48. The van der Waals surface area contributed by atoms with Crippen molar-refractivity contribution in [3.8, 4) is 0 Å². The van der Waals surface area contributed by atoms with Crippen LogP contribution in [0, 0.1) is 5.92 Å². The lowest BCUT2D eigenvalue weighted by Gasteiger charge is -2.16. The van der Waals surface area contributed by atoms with Crippen LogP contribution in [0.5, 0.6) is 0 Å². The van der Waals surface area contributed by atoms with Crippen molar-refractivity contribution < 1.29 is 14.7 Å². The third-order valence-corrected chi connectivity index (χ3v) is 5.01. The fourth-order valence-electron chi connectivity index (χ4n) is 3.36. The molecule has 1 amide bonds. The molecule has 1 aliphatic rings. The second-order valence-corrected chi connectivity index (χ2v) is 6.82. The van der Waals surface area contributed by atoms with Crippen molar-refractivity contribution in [3.05, 3.63) is 70.7 Å². The number of aliphatic carboxylic acids is 1. The van der Waals surface area contributed by atoms with E-state index in [4.69, 9.17) is 11.6 Å². The van der Waals surface area contributed by atoms with Crippen LogP contribution in [-0.4, -0.2) is 35.0 Å². The van der Waals surface area contributed by atoms with Crippen LogP contribution in [0.2, 0.25) is 5.02 Å². The minimum atomic E-state index is -0.846. The number of benzene rings is 2. The highest BCUT2D eigenvalue weighted by Crippen LogP contribution is 2.33. The molecule has 130 valence electrons. The standard InChI is InChI=1S/C20H20ClNO3/c21-16-9-6-14(7-10-16)8-11-19(23)22-12-17(18(13-22)20(24)25)15-4-2-1-3-5-15/h1-7,9-10,17-18H,8,11-13H2,(H,24,25)/t17-,18-/m1/s1. The SMILES string of the molecule is O=C(O)[C@@H]1CN(C(=O)CCc2ccc(Cl)cc2)C[C@@H]1c1ccccc1. The third-order valence-electron chi connectivity index (χ3n) is 4.76. The molecule has 0 unspecified atom stereocenters. The van der Waals surface area contributed by atoms with Crippen LogP contribution in [0.15, 0.2) is 54.6 Å². The van der Waals surface area contributed by atoms with Gasteiger partial charge in [-0.3, -0.25) is 9.59 Å². The third kappa shape index (κ3) is 4.20. The summed E-state index contributed by atoms with van der Waals surface area (Å²) in [5, 5.41) is 10.2. The lowest BCUT2D eigenvalue weighted by molar-refractivity contribution is -0.141. The molecule has 5 heteroatoms. The number of nitrogens with zero attached hydrogens (tertiary/aromatic N) is 1. The maximum absolute atomic E-state index is 12.5. The Labute approximate surface area is 152 Å². The van der Waals surface area contributed by atoms with Gasteiger partial charge in [0, 0.05) is 30.5 Å². The maximum Gasteiger partial charge on any atom is 0.308 e. The highest BCUT2D eigenvalue weighted by molar-refractivity contribution is 6.30. The molecule has 2 atom stereocenters. The number of hydrogen-bond acceptors (Lipinski definition) is 2. The molecule has 2 aromatic carbocycles. The molecule has 0 spiro atoms. The Hall–Kier alpha value is -2.33. The molecule has 1 saturated heterocycles. The summed E-state index contributed by atoms with van der Waals surface area (Å²) in [6.07, 6.45) is 0.996. The lowest BCUT2D eigenvalue weighted by Crippen LogP contribution is -2.30. The van der Waals surface area contributed by atoms with Gasteiger partial charge < -0.3 is 10.0 Å². The summed E-state index contributed by atoms with van der Waals surface area (Å²) in [5.74, 6) is -1.55. The van der Waals surface area contributed by atoms with Crippen LogP contribution in [0.4, 0.5) is 0 Å². The summed E-state index contributed by atoms with van der Waals surface area (Å²) in [5.41, 5.74) is 2.02. The number of carbonyl (C=O) groups excluding carboxylic acids is 1. The smallest absolute Gasteiger partial charge is 0.308 e.